The van der Waals surface area contributed by atoms with Crippen molar-refractivity contribution < 1.29 is 28.4 Å². The Morgan fingerprint density at radius 2 is 0.980 bits per heavy atom. The Bertz CT molecular complexity index is 5600. The van der Waals surface area contributed by atoms with Crippen LogP contribution in [-0.2, 0) is 6.54 Å². The van der Waals surface area contributed by atoms with Gasteiger partial charge in [0.05, 0.1) is 102 Å². The summed E-state index contributed by atoms with van der Waals surface area (Å²) in [6.07, 6.45) is 0. The Morgan fingerprint density at radius 1 is 0.490 bits per heavy atom. The number of ether oxygens (including phenoxy) is 6. The molecule has 506 valence electrons. The Morgan fingerprint density at radius 3 is 1.59 bits per heavy atom. The summed E-state index contributed by atoms with van der Waals surface area (Å²) in [6.45, 7) is 9.87. The summed E-state index contributed by atoms with van der Waals surface area (Å²) >= 11 is 35.8. The molecule has 0 fully saturated rings. The third kappa shape index (κ3) is 17.1. The molecule has 0 aliphatic rings. The second-order valence-electron chi connectivity index (χ2n) is 19.7. The predicted octanol–water partition coefficient (Wildman–Crippen LogP) is 15.2. The molecule has 0 spiro atoms. The Labute approximate surface area is 615 Å². The van der Waals surface area contributed by atoms with E-state index in [0.717, 1.165) is 77.8 Å². The van der Waals surface area contributed by atoms with Gasteiger partial charge in [-0.15, -0.1) is 79.4 Å². The number of rotatable bonds is 8. The fourth-order valence-electron chi connectivity index (χ4n) is 8.56. The molecule has 0 unspecified atom stereocenters. The molecule has 37 heteroatoms. The van der Waals surface area contributed by atoms with Crippen molar-refractivity contribution in [1.82, 2.24) is 69.4 Å². The first kappa shape index (κ1) is 74.1. The average Bonchev–Trinajstić information content (AvgIpc) is 1.52. The lowest BCUT2D eigenvalue weighted by Gasteiger charge is -2.09. The lowest BCUT2D eigenvalue weighted by Crippen LogP contribution is -2.22. The van der Waals surface area contributed by atoms with Crippen molar-refractivity contribution in [1.29, 1.82) is 5.26 Å². The zero-order valence-corrected chi connectivity index (χ0v) is 63.7. The maximum absolute atomic E-state index is 12.5. The number of halogens is 5. The van der Waals surface area contributed by atoms with Gasteiger partial charge in [0.1, 0.15) is 33.7 Å². The fraction of sp³-hybridized carbons (Fsp3) is 0.197. The van der Waals surface area contributed by atoms with Crippen LogP contribution < -0.4 is 50.8 Å². The van der Waals surface area contributed by atoms with E-state index in [1.807, 2.05) is 90.5 Å². The van der Waals surface area contributed by atoms with E-state index in [0.29, 0.717) is 77.0 Å². The number of aromatic nitrogens is 14. The molecule has 0 aliphatic carbocycles. The Balaban J connectivity index is 0.000000135. The molecular weight excluding hydrogens is 1600 g/mol. The van der Waals surface area contributed by atoms with E-state index in [1.165, 1.54) is 57.0 Å². The number of thiophene rings is 7. The predicted molar refractivity (Wildman–Crippen MR) is 403 cm³/mol. The number of nitriles is 1. The Kier molecular flexibility index (Phi) is 25.4. The molecule has 14 aromatic heterocycles. The normalized spacial score (nSPS) is 10.6. The largest absolute Gasteiger partial charge is 0.480 e. The van der Waals surface area contributed by atoms with Gasteiger partial charge in [-0.25, -0.2) is 24.7 Å². The summed E-state index contributed by atoms with van der Waals surface area (Å²) in [4.78, 5) is 94.1. The van der Waals surface area contributed by atoms with Gasteiger partial charge in [-0.3, -0.25) is 28.9 Å². The number of hydrogen-bond donors (Lipinski definition) is 3. The van der Waals surface area contributed by atoms with Crippen molar-refractivity contribution in [2.45, 2.75) is 41.2 Å². The van der Waals surface area contributed by atoms with Gasteiger partial charge >= 0.3 is 23.7 Å². The zero-order chi connectivity index (χ0) is 70.6. The van der Waals surface area contributed by atoms with Crippen molar-refractivity contribution in [3.05, 3.63) is 173 Å². The topological polar surface area (TPSA) is 329 Å². The molecule has 1 aromatic carbocycles. The first-order valence-corrected chi connectivity index (χ1v) is 36.5. The number of fused-ring (bicyclic) bond motifs is 7. The van der Waals surface area contributed by atoms with E-state index >= 15 is 0 Å². The molecule has 0 saturated heterocycles. The van der Waals surface area contributed by atoms with Crippen LogP contribution in [0.5, 0.6) is 35.7 Å². The molecule has 25 nitrogen and oxygen atoms in total. The lowest BCUT2D eigenvalue weighted by molar-refractivity contribution is 0.357. The van der Waals surface area contributed by atoms with Crippen LogP contribution in [0.25, 0.3) is 71.5 Å². The number of benzene rings is 1. The van der Waals surface area contributed by atoms with Gasteiger partial charge in [0, 0.05) is 5.38 Å². The molecule has 98 heavy (non-hydrogen) atoms. The van der Waals surface area contributed by atoms with Crippen LogP contribution in [0.4, 0.5) is 0 Å². The van der Waals surface area contributed by atoms with Crippen molar-refractivity contribution in [3.63, 3.8) is 0 Å². The highest BCUT2D eigenvalue weighted by Crippen LogP contribution is 2.35. The monoisotopic (exact) mass is 1640 g/mol. The number of hydrogen-bond acceptors (Lipinski definition) is 28. The van der Waals surface area contributed by atoms with Crippen molar-refractivity contribution in [2.75, 3.05) is 42.7 Å². The number of nitrogens with zero attached hydrogens (tertiary/aromatic N) is 12. The van der Waals surface area contributed by atoms with E-state index in [9.17, 15) is 19.2 Å². The molecule has 0 radical (unpaired) electrons. The van der Waals surface area contributed by atoms with Gasteiger partial charge in [-0.2, -0.15) is 35.2 Å². The number of aryl methyl sites for hydroxylation is 5. The summed E-state index contributed by atoms with van der Waals surface area (Å²) in [7, 11) is 9.39. The quantitative estimate of drug-likeness (QED) is 0.0723. The SMILES string of the molecule is COc1nc(OC)c2scc(C)c2n1.COc1nc(OC)c2scc(I)c2n1.COc1nc(OC)c2sccc2n1.Cc1csc2c(=O)[nH]c(=O)[nH]c12.Cc1csc2c(=O)[nH]c(Cl)nc12.Cc1csc2c(=O)n(Cc3ccccc3C#N)c(Cl)nc12.Cc1csc2c(Cl)nc(Cl)nc12. The van der Waals surface area contributed by atoms with Gasteiger partial charge in [0.2, 0.25) is 33.5 Å². The van der Waals surface area contributed by atoms with Gasteiger partial charge in [0.15, 0.2) is 5.15 Å². The summed E-state index contributed by atoms with van der Waals surface area (Å²) < 4.78 is 38.4. The number of H-pyrrole nitrogens is 3. The lowest BCUT2D eigenvalue weighted by atomic mass is 10.1. The highest BCUT2D eigenvalue weighted by Gasteiger charge is 2.17. The maximum Gasteiger partial charge on any atom is 0.326 e. The molecule has 0 aliphatic heterocycles. The second kappa shape index (κ2) is 33.6. The van der Waals surface area contributed by atoms with Gasteiger partial charge in [-0.1, -0.05) is 29.8 Å². The third-order valence-corrected chi connectivity index (χ3v) is 22.8. The molecule has 3 N–H and O–H groups in total. The van der Waals surface area contributed by atoms with Gasteiger partial charge in [0.25, 0.3) is 16.7 Å². The fourth-order valence-corrected chi connectivity index (χ4v) is 16.6. The van der Waals surface area contributed by atoms with Crippen LogP contribution in [0.15, 0.2) is 87.2 Å². The molecular formula is C61H50Cl4IN15O10S7. The van der Waals surface area contributed by atoms with Crippen LogP contribution in [0.2, 0.25) is 21.0 Å². The minimum absolute atomic E-state index is 0.141. The molecule has 0 bridgehead atoms. The van der Waals surface area contributed by atoms with Crippen LogP contribution in [0, 0.1) is 49.5 Å². The number of nitrogens with one attached hydrogen (secondary N) is 3. The molecule has 15 rings (SSSR count). The molecule has 0 atom stereocenters. The van der Waals surface area contributed by atoms with Crippen LogP contribution >= 0.6 is 148 Å². The maximum atomic E-state index is 12.5. The summed E-state index contributed by atoms with van der Waals surface area (Å²) in [6, 6.07) is 12.2. The smallest absolute Gasteiger partial charge is 0.326 e. The van der Waals surface area contributed by atoms with E-state index in [-0.39, 0.29) is 39.1 Å². The average molecular weight is 1650 g/mol. The van der Waals surface area contributed by atoms with Gasteiger partial charge < -0.3 is 33.4 Å². The zero-order valence-electron chi connectivity index (χ0n) is 52.8. The highest BCUT2D eigenvalue weighted by atomic mass is 127. The Hall–Kier alpha value is -8.12. The standard InChI is InChI=1S/C15H10ClN3OS.C9H10N2O2S.C8H7IN2O2S.C8H8N2O2S.C7H4Cl2N2S.C7H5ClN2OS.C7H6N2O2S/c1-9-8-21-13-12(9)18-15(16)19(14(13)20)7-11-5-3-2-4-10(11)6-17;1-5-4-14-7-6(5)10-9(13-3)11-8(7)12-2;1-12-7-6-5(4(9)3-14-6)10-8(11-7)13-2;1-11-7-6-5(3-4-13-6)9-8(10-7)12-2;1-3-2-12-5-4(3)10-7(9)11-6(5)8;1-3-2-12-5-4(3)9-7(8)10-6(5)11;1-3-2-12-5-4(3)8-7(11)9-6(5)10/h2-5,8H,7H2,1H3;4H,1-3H3;3H,1-2H3;3-4H,1-2H3;2H,1H3;2H,1H3,(H,9,10,11);2H,1H3,(H2,8,9,10,11). The van der Waals surface area contributed by atoms with Crippen LogP contribution in [0.1, 0.15) is 38.9 Å². The highest BCUT2D eigenvalue weighted by molar-refractivity contribution is 14.1. The summed E-state index contributed by atoms with van der Waals surface area (Å²) in [5, 5.41) is 23.7. The first-order chi connectivity index (χ1) is 47.0. The number of methoxy groups -OCH3 is 6. The van der Waals surface area contributed by atoms with Crippen molar-refractivity contribution in [2.24, 2.45) is 0 Å². The first-order valence-electron chi connectivity index (χ1n) is 27.8. The minimum Gasteiger partial charge on any atom is -0.480 e. The summed E-state index contributed by atoms with van der Waals surface area (Å²) in [5.74, 6) is 1.71. The molecule has 0 saturated carbocycles. The second-order valence-corrected chi connectivity index (χ2v) is 28.4. The van der Waals surface area contributed by atoms with Crippen molar-refractivity contribution >= 4 is 220 Å². The van der Waals surface area contributed by atoms with E-state index in [1.54, 1.807) is 81.7 Å². The van der Waals surface area contributed by atoms with E-state index in [4.69, 9.17) is 80.1 Å². The number of aromatic amines is 3. The third-order valence-electron chi connectivity index (χ3n) is 13.3. The molecule has 15 aromatic rings. The molecule has 0 amide bonds. The van der Waals surface area contributed by atoms with Gasteiger partial charge in [-0.05, 0) is 170 Å². The molecule has 14 heterocycles. The van der Waals surface area contributed by atoms with Crippen LogP contribution in [0.3, 0.4) is 0 Å². The minimum atomic E-state index is -0.450. The van der Waals surface area contributed by atoms with Crippen molar-refractivity contribution in [3.8, 4) is 41.7 Å². The van der Waals surface area contributed by atoms with Crippen LogP contribution in [-0.4, -0.2) is 112 Å². The summed E-state index contributed by atoms with van der Waals surface area (Å²) in [5.41, 5.74) is 10.7. The van der Waals surface area contributed by atoms with E-state index in [2.05, 4.69) is 93.5 Å². The van der Waals surface area contributed by atoms with E-state index < -0.39 is 5.69 Å².